The van der Waals surface area contributed by atoms with Crippen LogP contribution in [0.4, 0.5) is 30.2 Å². The third-order valence-corrected chi connectivity index (χ3v) is 13.9. The maximum Gasteiger partial charge on any atom is 0.534 e. The first-order valence-corrected chi connectivity index (χ1v) is 23.2. The molecule has 11 heteroatoms. The Morgan fingerprint density at radius 1 is 0.456 bits per heavy atom. The highest BCUT2D eigenvalue weighted by atomic mass is 32.2. The molecule has 0 radical (unpaired) electrons. The third-order valence-electron chi connectivity index (χ3n) is 12.9. The second-order valence-corrected chi connectivity index (χ2v) is 18.3. The second-order valence-electron chi connectivity index (χ2n) is 16.8. The smallest absolute Gasteiger partial charge is 0.455 e. The summed E-state index contributed by atoms with van der Waals surface area (Å²) in [6.45, 7) is 0. The molecule has 0 unspecified atom stereocenters. The van der Waals surface area contributed by atoms with Gasteiger partial charge >= 0.3 is 15.6 Å². The van der Waals surface area contributed by atoms with Crippen LogP contribution in [0, 0.1) is 0 Å². The Balaban J connectivity index is 1.03. The number of anilines is 3. The van der Waals surface area contributed by atoms with E-state index < -0.39 is 21.4 Å². The van der Waals surface area contributed by atoms with Gasteiger partial charge in [0.15, 0.2) is 5.58 Å². The summed E-state index contributed by atoms with van der Waals surface area (Å²) in [6.07, 6.45) is 0. The quantitative estimate of drug-likeness (QED) is 0.0900. The molecule has 0 aliphatic heterocycles. The van der Waals surface area contributed by atoms with Crippen molar-refractivity contribution in [1.29, 1.82) is 0 Å². The van der Waals surface area contributed by atoms with Crippen LogP contribution in [-0.2, 0) is 10.1 Å². The van der Waals surface area contributed by atoms with Crippen molar-refractivity contribution in [2.75, 3.05) is 4.90 Å². The summed E-state index contributed by atoms with van der Waals surface area (Å²) in [6, 6.07) is 64.1. The highest BCUT2D eigenvalue weighted by Crippen LogP contribution is 2.48. The average molecular weight is 915 g/mol. The Hall–Kier alpha value is -8.54. The minimum atomic E-state index is -6.08. The normalized spacial score (nSPS) is 12.5. The molecular formula is C57H33F3N2O5S. The molecule has 3 aromatic heterocycles. The number of hydrogen-bond acceptors (Lipinski definition) is 6. The van der Waals surface area contributed by atoms with Gasteiger partial charge in [-0.1, -0.05) is 115 Å². The van der Waals surface area contributed by atoms with Crippen molar-refractivity contribution in [2.24, 2.45) is 0 Å². The summed E-state index contributed by atoms with van der Waals surface area (Å²) in [5.74, 6) is -0.536. The fraction of sp³-hybridized carbons (Fsp3) is 0.0175. The standard InChI is InChI=1S/C57H33F3N2O5S/c58-57(59,60)68(63,64)67-39-32-47-46-29-34(35-24-28-53-48(30-35)54-43-20-9-7-17-40(43)41-18-8-10-21-44(41)56(54)66-53)23-27-52(46)65-55(47)51(33-39)61(36-13-3-1-4-14-36)38-25-26-50-45(31-38)42-19-11-12-22-49(42)62(50)37-15-5-2-6-16-37/h1-33H. The zero-order valence-electron chi connectivity index (χ0n) is 35.5. The zero-order chi connectivity index (χ0) is 45.9. The Kier molecular flexibility index (Phi) is 8.62. The van der Waals surface area contributed by atoms with E-state index >= 15 is 0 Å². The van der Waals surface area contributed by atoms with E-state index in [2.05, 4.69) is 47.0 Å². The van der Waals surface area contributed by atoms with Crippen molar-refractivity contribution < 1.29 is 34.6 Å². The monoisotopic (exact) mass is 914 g/mol. The lowest BCUT2D eigenvalue weighted by Gasteiger charge is -2.26. The van der Waals surface area contributed by atoms with Crippen LogP contribution >= 0.6 is 0 Å². The first-order valence-electron chi connectivity index (χ1n) is 21.8. The molecule has 0 N–H and O–H groups in total. The number of alkyl halides is 3. The van der Waals surface area contributed by atoms with Crippen molar-refractivity contribution in [2.45, 2.75) is 5.51 Å². The molecule has 0 fully saturated rings. The molecule has 0 bridgehead atoms. The van der Waals surface area contributed by atoms with E-state index in [9.17, 15) is 21.6 Å². The highest BCUT2D eigenvalue weighted by molar-refractivity contribution is 7.88. The molecule has 0 saturated carbocycles. The Bertz CT molecular complexity index is 4310. The van der Waals surface area contributed by atoms with Crippen molar-refractivity contribution in [3.05, 3.63) is 200 Å². The lowest BCUT2D eigenvalue weighted by molar-refractivity contribution is -0.0500. The lowest BCUT2D eigenvalue weighted by atomic mass is 9.95. The molecule has 0 saturated heterocycles. The van der Waals surface area contributed by atoms with Gasteiger partial charge in [0.2, 0.25) is 0 Å². The van der Waals surface area contributed by atoms with Crippen LogP contribution in [0.1, 0.15) is 0 Å². The van der Waals surface area contributed by atoms with Gasteiger partial charge in [0.05, 0.1) is 16.7 Å². The molecular weight excluding hydrogens is 882 g/mol. The number of nitrogens with zero attached hydrogens (tertiary/aromatic N) is 2. The number of aromatic nitrogens is 1. The third kappa shape index (κ3) is 6.09. The molecule has 13 aromatic rings. The summed E-state index contributed by atoms with van der Waals surface area (Å²) < 4.78 is 88.1. The first kappa shape index (κ1) is 39.8. The van der Waals surface area contributed by atoms with Crippen molar-refractivity contribution >= 4 is 114 Å². The summed E-state index contributed by atoms with van der Waals surface area (Å²) in [5, 5.41) is 8.99. The Morgan fingerprint density at radius 3 is 1.75 bits per heavy atom. The van der Waals surface area contributed by atoms with E-state index in [1.54, 1.807) is 0 Å². The number of benzene rings is 10. The van der Waals surface area contributed by atoms with Gasteiger partial charge in [-0.25, -0.2) is 0 Å². The van der Waals surface area contributed by atoms with Crippen molar-refractivity contribution in [3.63, 3.8) is 0 Å². The van der Waals surface area contributed by atoms with E-state index in [1.807, 2.05) is 150 Å². The minimum Gasteiger partial charge on any atom is -0.455 e. The number of para-hydroxylation sites is 3. The number of furan rings is 2. The zero-order valence-corrected chi connectivity index (χ0v) is 36.3. The van der Waals surface area contributed by atoms with Crippen LogP contribution in [-0.4, -0.2) is 18.5 Å². The predicted molar refractivity (Wildman–Crippen MR) is 266 cm³/mol. The van der Waals surface area contributed by atoms with Gasteiger partial charge in [0, 0.05) is 60.8 Å². The molecule has 0 amide bonds. The van der Waals surface area contributed by atoms with E-state index in [4.69, 9.17) is 13.0 Å². The van der Waals surface area contributed by atoms with Crippen LogP contribution < -0.4 is 9.08 Å². The van der Waals surface area contributed by atoms with Gasteiger partial charge in [-0.2, -0.15) is 21.6 Å². The molecule has 0 aliphatic rings. The second kappa shape index (κ2) is 14.7. The fourth-order valence-corrected chi connectivity index (χ4v) is 10.4. The van der Waals surface area contributed by atoms with Crippen molar-refractivity contribution in [3.8, 4) is 22.6 Å². The largest absolute Gasteiger partial charge is 0.534 e. The summed E-state index contributed by atoms with van der Waals surface area (Å²) >= 11 is 0. The van der Waals surface area contributed by atoms with Gasteiger partial charge in [0.1, 0.15) is 22.5 Å². The maximum absolute atomic E-state index is 14.1. The van der Waals surface area contributed by atoms with Gasteiger partial charge in [0.25, 0.3) is 0 Å². The van der Waals surface area contributed by atoms with Crippen LogP contribution in [0.25, 0.3) is 104 Å². The van der Waals surface area contributed by atoms with E-state index in [-0.39, 0.29) is 5.69 Å². The van der Waals surface area contributed by atoms with Gasteiger partial charge < -0.3 is 22.5 Å². The first-order chi connectivity index (χ1) is 33.1. The van der Waals surface area contributed by atoms with Crippen LogP contribution in [0.15, 0.2) is 209 Å². The van der Waals surface area contributed by atoms with Crippen LogP contribution in [0.5, 0.6) is 5.75 Å². The van der Waals surface area contributed by atoms with Gasteiger partial charge in [-0.15, -0.1) is 0 Å². The molecule has 10 aromatic carbocycles. The van der Waals surface area contributed by atoms with E-state index in [0.717, 1.165) is 82.1 Å². The summed E-state index contributed by atoms with van der Waals surface area (Å²) in [4.78, 5) is 1.85. The molecule has 3 heterocycles. The lowest BCUT2D eigenvalue weighted by Crippen LogP contribution is -2.28. The van der Waals surface area contributed by atoms with E-state index in [0.29, 0.717) is 33.3 Å². The molecule has 7 nitrogen and oxygen atoms in total. The average Bonchev–Trinajstić information content (AvgIpc) is 4.04. The minimum absolute atomic E-state index is 0.260. The SMILES string of the molecule is O=S(=O)(Oc1cc(N(c2ccccc2)c2ccc3c(c2)c2ccccc2n3-c2ccccc2)c2oc3ccc(-c4ccc5oc6c7ccccc7c7ccccc7c6c5c4)cc3c2c1)C(F)(F)F. The topological polar surface area (TPSA) is 77.8 Å². The van der Waals surface area contributed by atoms with E-state index in [1.165, 1.54) is 12.1 Å². The molecule has 0 atom stereocenters. The maximum atomic E-state index is 14.1. The van der Waals surface area contributed by atoms with Crippen LogP contribution in [0.3, 0.4) is 0 Å². The number of rotatable bonds is 7. The van der Waals surface area contributed by atoms with Gasteiger partial charge in [-0.05, 0) is 106 Å². The number of hydrogen-bond donors (Lipinski definition) is 0. The molecule has 0 aliphatic carbocycles. The molecule has 0 spiro atoms. The summed E-state index contributed by atoms with van der Waals surface area (Å²) in [5.41, 5.74) is 2.65. The Labute approximate surface area is 385 Å². The fourth-order valence-electron chi connectivity index (χ4n) is 9.95. The molecule has 68 heavy (non-hydrogen) atoms. The molecule has 328 valence electrons. The molecule has 13 rings (SSSR count). The predicted octanol–water partition coefficient (Wildman–Crippen LogP) is 16.3. The highest BCUT2D eigenvalue weighted by Gasteiger charge is 2.48. The van der Waals surface area contributed by atoms with Gasteiger partial charge in [-0.3, -0.25) is 0 Å². The van der Waals surface area contributed by atoms with Crippen LogP contribution in [0.2, 0.25) is 0 Å². The number of halogens is 3. The Morgan fingerprint density at radius 2 is 1.03 bits per heavy atom. The summed E-state index contributed by atoms with van der Waals surface area (Å²) in [7, 11) is -6.08. The van der Waals surface area contributed by atoms with Crippen molar-refractivity contribution in [1.82, 2.24) is 4.57 Å². The number of fused-ring (bicyclic) bond motifs is 14.